The first kappa shape index (κ1) is 21.0. The predicted molar refractivity (Wildman–Crippen MR) is 119 cm³/mol. The van der Waals surface area contributed by atoms with Crippen molar-refractivity contribution in [1.82, 2.24) is 14.8 Å². The van der Waals surface area contributed by atoms with E-state index in [1.807, 2.05) is 60.7 Å². The molecule has 7 nitrogen and oxygen atoms in total. The second-order valence-corrected chi connectivity index (χ2v) is 7.03. The quantitative estimate of drug-likeness (QED) is 0.319. The van der Waals surface area contributed by atoms with Gasteiger partial charge in [0.25, 0.3) is 5.82 Å². The number of benzene rings is 3. The molecule has 0 N–H and O–H groups in total. The Morgan fingerprint density at radius 2 is 1.62 bits per heavy atom. The van der Waals surface area contributed by atoms with E-state index in [4.69, 9.17) is 9.47 Å². The molecule has 0 aliphatic carbocycles. The third-order valence-corrected chi connectivity index (χ3v) is 4.87. The summed E-state index contributed by atoms with van der Waals surface area (Å²) in [6, 6.07) is 23.9. The molecule has 4 rings (SSSR count). The smallest absolute Gasteiger partial charge is 0.378 e. The highest BCUT2D eigenvalue weighted by Gasteiger charge is 2.20. The van der Waals surface area contributed by atoms with E-state index in [9.17, 15) is 9.59 Å². The highest BCUT2D eigenvalue weighted by atomic mass is 16.5. The molecule has 4 aromatic rings. The zero-order valence-corrected chi connectivity index (χ0v) is 17.7. The number of rotatable bonds is 7. The third kappa shape index (κ3) is 4.41. The van der Waals surface area contributed by atoms with E-state index in [2.05, 4.69) is 10.1 Å². The van der Waals surface area contributed by atoms with Crippen LogP contribution in [0, 0.1) is 0 Å². The average Bonchev–Trinajstić information content (AvgIpc) is 3.29. The average molecular weight is 427 g/mol. The highest BCUT2D eigenvalue weighted by molar-refractivity contribution is 5.94. The van der Waals surface area contributed by atoms with Gasteiger partial charge >= 0.3 is 5.97 Å². The maximum absolute atomic E-state index is 12.8. The van der Waals surface area contributed by atoms with E-state index >= 15 is 0 Å². The molecule has 0 amide bonds. The largest absolute Gasteiger partial charge is 0.496 e. The Hall–Kier alpha value is -4.26. The summed E-state index contributed by atoms with van der Waals surface area (Å²) in [5.74, 6) is 0.230. The monoisotopic (exact) mass is 427 g/mol. The minimum atomic E-state index is -0.674. The lowest BCUT2D eigenvalue weighted by molar-refractivity contribution is 0.0456. The molecule has 0 atom stereocenters. The van der Waals surface area contributed by atoms with Crippen molar-refractivity contribution in [2.75, 3.05) is 7.11 Å². The molecule has 1 heterocycles. The van der Waals surface area contributed by atoms with Crippen molar-refractivity contribution in [2.24, 2.45) is 0 Å². The number of Topliss-reactive ketones (excluding diaryl/α,β-unsaturated/α-hetero) is 1. The van der Waals surface area contributed by atoms with Crippen LogP contribution in [-0.2, 0) is 11.3 Å². The molecule has 0 spiro atoms. The minimum absolute atomic E-state index is 0.0607. The summed E-state index contributed by atoms with van der Waals surface area (Å²) in [7, 11) is 1.52. The number of methoxy groups -OCH3 is 1. The fraction of sp³-hybridized carbons (Fsp3) is 0.120. The van der Waals surface area contributed by atoms with Gasteiger partial charge in [0, 0.05) is 16.7 Å². The zero-order chi connectivity index (χ0) is 22.5. The lowest BCUT2D eigenvalue weighted by Crippen LogP contribution is -2.09. The normalized spacial score (nSPS) is 10.6. The van der Waals surface area contributed by atoms with Crippen molar-refractivity contribution in [3.63, 3.8) is 0 Å². The Kier molecular flexibility index (Phi) is 6.07. The van der Waals surface area contributed by atoms with Gasteiger partial charge in [0.05, 0.1) is 12.8 Å². The van der Waals surface area contributed by atoms with Gasteiger partial charge in [-0.15, -0.1) is 5.10 Å². The van der Waals surface area contributed by atoms with Crippen molar-refractivity contribution in [1.29, 1.82) is 0 Å². The first-order valence-corrected chi connectivity index (χ1v) is 9.99. The molecule has 3 aromatic carbocycles. The van der Waals surface area contributed by atoms with Crippen LogP contribution < -0.4 is 4.74 Å². The summed E-state index contributed by atoms with van der Waals surface area (Å²) in [6.45, 7) is 1.40. The Bertz CT molecular complexity index is 1190. The van der Waals surface area contributed by atoms with Crippen molar-refractivity contribution in [2.45, 2.75) is 13.5 Å². The van der Waals surface area contributed by atoms with Crippen LogP contribution in [-0.4, -0.2) is 33.6 Å². The number of aromatic nitrogens is 3. The summed E-state index contributed by atoms with van der Waals surface area (Å²) >= 11 is 0. The number of carbonyl (C=O) groups excluding carboxylic acids is 2. The number of ketones is 1. The number of esters is 1. The molecule has 0 aliphatic heterocycles. The lowest BCUT2D eigenvalue weighted by atomic mass is 10.1. The molecule has 0 unspecified atom stereocenters. The van der Waals surface area contributed by atoms with Gasteiger partial charge in [-0.1, -0.05) is 48.5 Å². The number of ether oxygens (including phenoxy) is 2. The van der Waals surface area contributed by atoms with Crippen LogP contribution in [0.5, 0.6) is 5.75 Å². The molecule has 32 heavy (non-hydrogen) atoms. The van der Waals surface area contributed by atoms with E-state index in [1.54, 1.807) is 22.9 Å². The number of para-hydroxylation sites is 1. The lowest BCUT2D eigenvalue weighted by Gasteiger charge is -2.10. The van der Waals surface area contributed by atoms with Gasteiger partial charge in [0.1, 0.15) is 12.4 Å². The molecule has 0 aliphatic rings. The maximum atomic E-state index is 12.8. The molecular formula is C25H21N3O4. The molecule has 0 radical (unpaired) electrons. The number of carbonyl (C=O) groups is 2. The standard InChI is InChI=1S/C25H21N3O4/c1-17(29)19-13-14-22(31-2)20(15-19)16-32-25(30)23-26-24(18-9-5-3-6-10-18)28(27-23)21-11-7-4-8-12-21/h3-15H,16H2,1-2H3. The van der Waals surface area contributed by atoms with Crippen molar-refractivity contribution >= 4 is 11.8 Å². The molecule has 0 saturated carbocycles. The van der Waals surface area contributed by atoms with Crippen molar-refractivity contribution in [3.05, 3.63) is 95.8 Å². The minimum Gasteiger partial charge on any atom is -0.496 e. The molecule has 0 bridgehead atoms. The summed E-state index contributed by atoms with van der Waals surface area (Å²) in [6.07, 6.45) is 0. The Labute approximate surface area is 185 Å². The molecule has 160 valence electrons. The second kappa shape index (κ2) is 9.26. The van der Waals surface area contributed by atoms with Gasteiger partial charge < -0.3 is 9.47 Å². The Morgan fingerprint density at radius 1 is 0.938 bits per heavy atom. The Morgan fingerprint density at radius 3 is 2.28 bits per heavy atom. The first-order chi connectivity index (χ1) is 15.6. The maximum Gasteiger partial charge on any atom is 0.378 e. The van der Waals surface area contributed by atoms with Crippen molar-refractivity contribution in [3.8, 4) is 22.8 Å². The van der Waals surface area contributed by atoms with Crippen molar-refractivity contribution < 1.29 is 19.1 Å². The van der Waals surface area contributed by atoms with Crippen LogP contribution >= 0.6 is 0 Å². The molecule has 1 aromatic heterocycles. The SMILES string of the molecule is COc1ccc(C(C)=O)cc1COC(=O)c1nc(-c2ccccc2)n(-c2ccccc2)n1. The van der Waals surface area contributed by atoms with E-state index in [-0.39, 0.29) is 18.2 Å². The first-order valence-electron chi connectivity index (χ1n) is 9.99. The van der Waals surface area contributed by atoms with Gasteiger partial charge in [-0.3, -0.25) is 4.79 Å². The number of hydrogen-bond acceptors (Lipinski definition) is 6. The van der Waals surface area contributed by atoms with Crippen LogP contribution in [0.4, 0.5) is 0 Å². The van der Waals surface area contributed by atoms with Gasteiger partial charge in [0.2, 0.25) is 0 Å². The summed E-state index contributed by atoms with van der Waals surface area (Å²) in [5, 5.41) is 4.40. The number of hydrogen-bond donors (Lipinski definition) is 0. The van der Waals surface area contributed by atoms with E-state index < -0.39 is 5.97 Å². The van der Waals surface area contributed by atoms with Gasteiger partial charge in [-0.05, 0) is 37.3 Å². The number of nitrogens with zero attached hydrogens (tertiary/aromatic N) is 3. The van der Waals surface area contributed by atoms with Gasteiger partial charge in [-0.25, -0.2) is 14.5 Å². The van der Waals surface area contributed by atoms with Crippen LogP contribution in [0.2, 0.25) is 0 Å². The third-order valence-electron chi connectivity index (χ3n) is 4.87. The van der Waals surface area contributed by atoms with E-state index in [0.29, 0.717) is 22.7 Å². The Balaban J connectivity index is 1.63. The van der Waals surface area contributed by atoms with Crippen LogP contribution in [0.1, 0.15) is 33.5 Å². The predicted octanol–water partition coefficient (Wildman–Crippen LogP) is 4.50. The fourth-order valence-corrected chi connectivity index (χ4v) is 3.24. The van der Waals surface area contributed by atoms with Gasteiger partial charge in [0.15, 0.2) is 11.6 Å². The second-order valence-electron chi connectivity index (χ2n) is 7.03. The topological polar surface area (TPSA) is 83.3 Å². The molecule has 0 fully saturated rings. The molecular weight excluding hydrogens is 406 g/mol. The summed E-state index contributed by atoms with van der Waals surface area (Å²) < 4.78 is 12.4. The van der Waals surface area contributed by atoms with Crippen LogP contribution in [0.15, 0.2) is 78.9 Å². The molecule has 0 saturated heterocycles. The summed E-state index contributed by atoms with van der Waals surface area (Å²) in [5.41, 5.74) is 2.68. The van der Waals surface area contributed by atoms with E-state index in [1.165, 1.54) is 14.0 Å². The fourth-order valence-electron chi connectivity index (χ4n) is 3.24. The van der Waals surface area contributed by atoms with E-state index in [0.717, 1.165) is 11.3 Å². The van der Waals surface area contributed by atoms with Crippen LogP contribution in [0.25, 0.3) is 17.1 Å². The highest BCUT2D eigenvalue weighted by Crippen LogP contribution is 2.23. The summed E-state index contributed by atoms with van der Waals surface area (Å²) in [4.78, 5) is 28.9. The zero-order valence-electron chi connectivity index (χ0n) is 17.7. The van der Waals surface area contributed by atoms with Gasteiger partial charge in [-0.2, -0.15) is 0 Å². The molecule has 7 heteroatoms. The van der Waals surface area contributed by atoms with Crippen LogP contribution in [0.3, 0.4) is 0 Å².